The van der Waals surface area contributed by atoms with E-state index in [9.17, 15) is 13.6 Å². The topological polar surface area (TPSA) is 65.2 Å². The third kappa shape index (κ3) is 2.15. The van der Waals surface area contributed by atoms with Crippen molar-refractivity contribution < 1.29 is 18.3 Å². The van der Waals surface area contributed by atoms with Gasteiger partial charge < -0.3 is 10.5 Å². The van der Waals surface area contributed by atoms with E-state index in [-0.39, 0.29) is 11.6 Å². The van der Waals surface area contributed by atoms with E-state index >= 15 is 0 Å². The molecule has 0 unspecified atom stereocenters. The maximum atomic E-state index is 12.6. The molecule has 1 aromatic heterocycles. The van der Waals surface area contributed by atoms with Gasteiger partial charge in [0.25, 0.3) is 11.7 Å². The normalized spacial score (nSPS) is 10.5. The van der Waals surface area contributed by atoms with Crippen molar-refractivity contribution >= 4 is 22.5 Å². The minimum atomic E-state index is -2.92. The van der Waals surface area contributed by atoms with Crippen LogP contribution in [-0.4, -0.2) is 17.3 Å². The van der Waals surface area contributed by atoms with Gasteiger partial charge in [-0.15, -0.1) is 0 Å². The fourth-order valence-electron chi connectivity index (χ4n) is 1.08. The second-order valence-corrected chi connectivity index (χ2v) is 2.93. The largest absolute Gasteiger partial charge is 0.480 e. The van der Waals surface area contributed by atoms with Gasteiger partial charge in [0.2, 0.25) is 5.88 Å². The van der Waals surface area contributed by atoms with Crippen LogP contribution in [0.4, 0.5) is 14.5 Å². The number of aromatic nitrogens is 1. The average Bonchev–Trinajstić information content (AvgIpc) is 2.16. The highest BCUT2D eigenvalue weighted by molar-refractivity contribution is 6.68. The molecule has 0 saturated heterocycles. The number of alkyl halides is 2. The van der Waals surface area contributed by atoms with E-state index in [1.807, 2.05) is 0 Å². The Morgan fingerprint density at radius 2 is 2.27 bits per heavy atom. The summed E-state index contributed by atoms with van der Waals surface area (Å²) in [6, 6.07) is 0. The first-order chi connectivity index (χ1) is 6.99. The standard InChI is InChI=1S/C8H7ClF2N2O2/c1-15-8-5(12)4(7(10)11)3(2-13-8)6(9)14/h2,7H,12H2,1H3. The highest BCUT2D eigenvalue weighted by Gasteiger charge is 2.23. The summed E-state index contributed by atoms with van der Waals surface area (Å²) >= 11 is 5.11. The Morgan fingerprint density at radius 3 is 2.67 bits per heavy atom. The van der Waals surface area contributed by atoms with Gasteiger partial charge in [0.1, 0.15) is 5.69 Å². The lowest BCUT2D eigenvalue weighted by molar-refractivity contribution is 0.106. The zero-order valence-corrected chi connectivity index (χ0v) is 8.39. The minimum absolute atomic E-state index is 0.160. The van der Waals surface area contributed by atoms with Crippen molar-refractivity contribution in [2.45, 2.75) is 6.43 Å². The Morgan fingerprint density at radius 1 is 1.67 bits per heavy atom. The zero-order chi connectivity index (χ0) is 11.6. The number of nitrogen functional groups attached to an aromatic ring is 1. The predicted octanol–water partition coefficient (Wildman–Crippen LogP) is 1.99. The first-order valence-corrected chi connectivity index (χ1v) is 4.17. The van der Waals surface area contributed by atoms with Crippen molar-refractivity contribution in [3.05, 3.63) is 17.3 Å². The Balaban J connectivity index is 3.44. The molecule has 15 heavy (non-hydrogen) atoms. The van der Waals surface area contributed by atoms with Crippen molar-refractivity contribution in [1.29, 1.82) is 0 Å². The lowest BCUT2D eigenvalue weighted by Gasteiger charge is -2.10. The number of ether oxygens (including phenoxy) is 1. The molecular weight excluding hydrogens is 230 g/mol. The summed E-state index contributed by atoms with van der Waals surface area (Å²) in [5, 5.41) is -1.04. The molecule has 0 aliphatic carbocycles. The maximum absolute atomic E-state index is 12.6. The van der Waals surface area contributed by atoms with Crippen molar-refractivity contribution in [2.24, 2.45) is 0 Å². The zero-order valence-electron chi connectivity index (χ0n) is 7.63. The fourth-order valence-corrected chi connectivity index (χ4v) is 1.23. The molecule has 0 amide bonds. The molecule has 0 atom stereocenters. The van der Waals surface area contributed by atoms with Gasteiger partial charge in [0.05, 0.1) is 18.2 Å². The SMILES string of the molecule is COc1ncc(C(=O)Cl)c(C(F)F)c1N. The first kappa shape index (κ1) is 11.6. The van der Waals surface area contributed by atoms with Crippen LogP contribution in [0.1, 0.15) is 22.3 Å². The smallest absolute Gasteiger partial charge is 0.266 e. The molecule has 0 radical (unpaired) electrons. The van der Waals surface area contributed by atoms with E-state index in [0.29, 0.717) is 0 Å². The molecule has 7 heteroatoms. The van der Waals surface area contributed by atoms with Crippen LogP contribution < -0.4 is 10.5 Å². The van der Waals surface area contributed by atoms with Gasteiger partial charge in [-0.25, -0.2) is 13.8 Å². The summed E-state index contributed by atoms with van der Waals surface area (Å²) in [7, 11) is 1.23. The number of hydrogen-bond donors (Lipinski definition) is 1. The Labute approximate surface area is 89.0 Å². The monoisotopic (exact) mass is 236 g/mol. The highest BCUT2D eigenvalue weighted by Crippen LogP contribution is 2.34. The van der Waals surface area contributed by atoms with Gasteiger partial charge in [-0.3, -0.25) is 4.79 Å². The second-order valence-electron chi connectivity index (χ2n) is 2.58. The third-order valence-corrected chi connectivity index (χ3v) is 1.95. The predicted molar refractivity (Wildman–Crippen MR) is 50.3 cm³/mol. The number of nitrogens with zero attached hydrogens (tertiary/aromatic N) is 1. The van der Waals surface area contributed by atoms with Crippen LogP contribution in [0.5, 0.6) is 5.88 Å². The number of nitrogens with two attached hydrogens (primary N) is 1. The van der Waals surface area contributed by atoms with Gasteiger partial charge in [0.15, 0.2) is 0 Å². The lowest BCUT2D eigenvalue weighted by atomic mass is 10.1. The molecule has 0 spiro atoms. The van der Waals surface area contributed by atoms with Crippen LogP contribution >= 0.6 is 11.6 Å². The van der Waals surface area contributed by atoms with Crippen molar-refractivity contribution in [2.75, 3.05) is 12.8 Å². The van der Waals surface area contributed by atoms with Crippen LogP contribution in [0, 0.1) is 0 Å². The van der Waals surface area contributed by atoms with E-state index in [4.69, 9.17) is 17.3 Å². The third-order valence-electron chi connectivity index (χ3n) is 1.74. The molecule has 0 fully saturated rings. The Hall–Kier alpha value is -1.43. The molecule has 1 heterocycles. The number of anilines is 1. The van der Waals surface area contributed by atoms with Crippen molar-refractivity contribution in [3.8, 4) is 5.88 Å². The maximum Gasteiger partial charge on any atom is 0.266 e. The number of halogens is 3. The number of carbonyl (C=O) groups excluding carboxylic acids is 1. The summed E-state index contributed by atoms with van der Waals surface area (Å²) in [6.45, 7) is 0. The van der Waals surface area contributed by atoms with Crippen LogP contribution in [0.2, 0.25) is 0 Å². The Kier molecular flexibility index (Phi) is 3.41. The van der Waals surface area contributed by atoms with Gasteiger partial charge in [-0.05, 0) is 11.6 Å². The Bertz CT molecular complexity index is 398. The fraction of sp³-hybridized carbons (Fsp3) is 0.250. The van der Waals surface area contributed by atoms with Gasteiger partial charge in [0, 0.05) is 6.20 Å². The van der Waals surface area contributed by atoms with Gasteiger partial charge in [-0.1, -0.05) is 0 Å². The molecule has 0 aromatic carbocycles. The van der Waals surface area contributed by atoms with E-state index < -0.39 is 22.8 Å². The number of rotatable bonds is 3. The summed E-state index contributed by atoms with van der Waals surface area (Å²) in [4.78, 5) is 14.4. The molecule has 0 aliphatic heterocycles. The molecule has 2 N–H and O–H groups in total. The van der Waals surface area contributed by atoms with E-state index in [1.165, 1.54) is 7.11 Å². The molecular formula is C8H7ClF2N2O2. The molecule has 82 valence electrons. The van der Waals surface area contributed by atoms with E-state index in [2.05, 4.69) is 9.72 Å². The second kappa shape index (κ2) is 4.39. The number of hydrogen-bond acceptors (Lipinski definition) is 4. The van der Waals surface area contributed by atoms with Crippen LogP contribution in [0.25, 0.3) is 0 Å². The molecule has 0 bridgehead atoms. The van der Waals surface area contributed by atoms with E-state index in [1.54, 1.807) is 0 Å². The average molecular weight is 237 g/mol. The summed E-state index contributed by atoms with van der Waals surface area (Å²) in [5.41, 5.74) is 3.92. The summed E-state index contributed by atoms with van der Waals surface area (Å²) < 4.78 is 29.8. The highest BCUT2D eigenvalue weighted by atomic mass is 35.5. The quantitative estimate of drug-likeness (QED) is 0.815. The van der Waals surface area contributed by atoms with Crippen LogP contribution in [0.3, 0.4) is 0 Å². The molecule has 4 nitrogen and oxygen atoms in total. The van der Waals surface area contributed by atoms with E-state index in [0.717, 1.165) is 6.20 Å². The number of methoxy groups -OCH3 is 1. The van der Waals surface area contributed by atoms with Crippen molar-refractivity contribution in [3.63, 3.8) is 0 Å². The molecule has 1 aromatic rings. The minimum Gasteiger partial charge on any atom is -0.480 e. The van der Waals surface area contributed by atoms with Gasteiger partial charge >= 0.3 is 0 Å². The summed E-state index contributed by atoms with van der Waals surface area (Å²) in [5.74, 6) is -0.160. The molecule has 0 aliphatic rings. The van der Waals surface area contributed by atoms with Crippen LogP contribution in [0.15, 0.2) is 6.20 Å². The van der Waals surface area contributed by atoms with Gasteiger partial charge in [-0.2, -0.15) is 0 Å². The first-order valence-electron chi connectivity index (χ1n) is 3.79. The van der Waals surface area contributed by atoms with Crippen LogP contribution in [-0.2, 0) is 0 Å². The number of pyridine rings is 1. The number of carbonyl (C=O) groups is 1. The molecule has 1 rings (SSSR count). The lowest BCUT2D eigenvalue weighted by Crippen LogP contribution is -2.07. The summed E-state index contributed by atoms with van der Waals surface area (Å²) in [6.07, 6.45) is -2.01. The molecule has 0 saturated carbocycles. The van der Waals surface area contributed by atoms with Crippen molar-refractivity contribution in [1.82, 2.24) is 4.98 Å².